The molecule has 1 aromatic heterocycles. The van der Waals surface area contributed by atoms with E-state index in [4.69, 9.17) is 9.47 Å². The second kappa shape index (κ2) is 9.63. The van der Waals surface area contributed by atoms with E-state index in [1.165, 1.54) is 4.31 Å². The van der Waals surface area contributed by atoms with Gasteiger partial charge in [0.25, 0.3) is 10.0 Å². The number of hydrogen-bond acceptors (Lipinski definition) is 5. The van der Waals surface area contributed by atoms with E-state index in [0.29, 0.717) is 30.3 Å². The first kappa shape index (κ1) is 21.6. The summed E-state index contributed by atoms with van der Waals surface area (Å²) in [5.41, 5.74) is 1.56. The largest absolute Gasteiger partial charge is 0.497 e. The Morgan fingerprint density at radius 2 is 1.67 bits per heavy atom. The third-order valence-electron chi connectivity index (χ3n) is 4.44. The van der Waals surface area contributed by atoms with Crippen LogP contribution in [0.25, 0.3) is 0 Å². The number of sulfonamides is 1. The maximum Gasteiger partial charge on any atom is 0.264 e. The maximum absolute atomic E-state index is 13.4. The smallest absolute Gasteiger partial charge is 0.264 e. The molecule has 0 atom stereocenters. The van der Waals surface area contributed by atoms with Gasteiger partial charge in [-0.3, -0.25) is 9.29 Å². The Labute approximate surface area is 178 Å². The molecular weight excluding hydrogens is 400 g/mol. The van der Waals surface area contributed by atoms with Crippen LogP contribution in [0.4, 0.5) is 5.69 Å². The highest BCUT2D eigenvalue weighted by atomic mass is 32.2. The Morgan fingerprint density at radius 3 is 2.30 bits per heavy atom. The molecule has 3 aromatic rings. The van der Waals surface area contributed by atoms with Crippen LogP contribution < -0.4 is 13.8 Å². The molecule has 0 fully saturated rings. The molecular formula is C23H26N2O4S. The van der Waals surface area contributed by atoms with Gasteiger partial charge in [-0.1, -0.05) is 19.9 Å². The highest BCUT2D eigenvalue weighted by molar-refractivity contribution is 7.92. The number of pyridine rings is 1. The molecule has 0 spiro atoms. The molecule has 0 radical (unpaired) electrons. The van der Waals surface area contributed by atoms with Crippen molar-refractivity contribution in [2.24, 2.45) is 5.92 Å². The van der Waals surface area contributed by atoms with Crippen molar-refractivity contribution in [1.82, 2.24) is 4.98 Å². The summed E-state index contributed by atoms with van der Waals surface area (Å²) in [5, 5.41) is 0. The molecule has 0 bridgehead atoms. The molecule has 6 nitrogen and oxygen atoms in total. The molecule has 1 heterocycles. The molecule has 3 rings (SSSR count). The Bertz CT molecular complexity index is 1050. The highest BCUT2D eigenvalue weighted by Gasteiger charge is 2.26. The van der Waals surface area contributed by atoms with Gasteiger partial charge >= 0.3 is 0 Å². The van der Waals surface area contributed by atoms with Gasteiger partial charge < -0.3 is 9.47 Å². The summed E-state index contributed by atoms with van der Waals surface area (Å²) >= 11 is 0. The zero-order valence-corrected chi connectivity index (χ0v) is 18.2. The average Bonchev–Trinajstić information content (AvgIpc) is 2.77. The van der Waals surface area contributed by atoms with Crippen LogP contribution in [0.2, 0.25) is 0 Å². The summed E-state index contributed by atoms with van der Waals surface area (Å²) in [6.07, 6.45) is 3.41. The lowest BCUT2D eigenvalue weighted by Gasteiger charge is -2.26. The molecule has 0 saturated carbocycles. The summed E-state index contributed by atoms with van der Waals surface area (Å²) in [6, 6.07) is 17.3. The number of rotatable bonds is 9. The van der Waals surface area contributed by atoms with Crippen molar-refractivity contribution in [2.45, 2.75) is 25.3 Å². The number of anilines is 1. The molecule has 158 valence electrons. The number of benzene rings is 2. The molecule has 2 aromatic carbocycles. The fourth-order valence-electron chi connectivity index (χ4n) is 2.92. The third-order valence-corrected chi connectivity index (χ3v) is 6.25. The average molecular weight is 427 g/mol. The van der Waals surface area contributed by atoms with E-state index in [1.807, 2.05) is 26.0 Å². The zero-order valence-electron chi connectivity index (χ0n) is 17.4. The number of aromatic nitrogens is 1. The molecule has 0 aliphatic rings. The third kappa shape index (κ3) is 5.30. The number of methoxy groups -OCH3 is 1. The molecule has 0 amide bonds. The molecule has 0 aliphatic heterocycles. The molecule has 0 saturated heterocycles. The first-order valence-corrected chi connectivity index (χ1v) is 11.1. The van der Waals surface area contributed by atoms with Gasteiger partial charge in [-0.05, 0) is 60.0 Å². The number of ether oxygens (including phenoxy) is 2. The van der Waals surface area contributed by atoms with Crippen LogP contribution in [-0.4, -0.2) is 27.1 Å². The van der Waals surface area contributed by atoms with E-state index in [2.05, 4.69) is 4.98 Å². The minimum absolute atomic E-state index is 0.147. The lowest BCUT2D eigenvalue weighted by atomic mass is 10.2. The van der Waals surface area contributed by atoms with Crippen molar-refractivity contribution in [3.8, 4) is 11.5 Å². The van der Waals surface area contributed by atoms with Crippen molar-refractivity contribution in [2.75, 3.05) is 18.0 Å². The van der Waals surface area contributed by atoms with Crippen molar-refractivity contribution >= 4 is 15.7 Å². The first-order chi connectivity index (χ1) is 14.4. The molecule has 0 aliphatic carbocycles. The summed E-state index contributed by atoms with van der Waals surface area (Å²) < 4.78 is 39.2. The van der Waals surface area contributed by atoms with E-state index in [0.717, 1.165) is 5.56 Å². The Kier molecular flexibility index (Phi) is 6.95. The van der Waals surface area contributed by atoms with Gasteiger partial charge in [0, 0.05) is 25.0 Å². The van der Waals surface area contributed by atoms with Crippen LogP contribution in [0.15, 0.2) is 78.0 Å². The second-order valence-corrected chi connectivity index (χ2v) is 9.11. The van der Waals surface area contributed by atoms with Gasteiger partial charge in [0.05, 0.1) is 17.7 Å². The predicted molar refractivity (Wildman–Crippen MR) is 117 cm³/mol. The van der Waals surface area contributed by atoms with Crippen LogP contribution in [0, 0.1) is 5.92 Å². The lowest BCUT2D eigenvalue weighted by molar-refractivity contribution is 0.306. The SMILES string of the molecule is COc1cccc(N(CC(C)C)S(=O)(=O)c2ccc(OCc3ccncc3)cc2)c1. The monoisotopic (exact) mass is 426 g/mol. The second-order valence-electron chi connectivity index (χ2n) is 7.25. The summed E-state index contributed by atoms with van der Waals surface area (Å²) in [7, 11) is -2.18. The predicted octanol–water partition coefficient (Wildman–Crippen LogP) is 4.52. The minimum Gasteiger partial charge on any atom is -0.497 e. The molecule has 30 heavy (non-hydrogen) atoms. The van der Waals surface area contributed by atoms with Gasteiger partial charge in [0.1, 0.15) is 18.1 Å². The lowest BCUT2D eigenvalue weighted by Crippen LogP contribution is -2.34. The quantitative estimate of drug-likeness (QED) is 0.503. The minimum atomic E-state index is -3.74. The van der Waals surface area contributed by atoms with E-state index >= 15 is 0 Å². The van der Waals surface area contributed by atoms with Crippen molar-refractivity contribution in [3.63, 3.8) is 0 Å². The van der Waals surface area contributed by atoms with Crippen LogP contribution >= 0.6 is 0 Å². The number of nitrogens with zero attached hydrogens (tertiary/aromatic N) is 2. The van der Waals surface area contributed by atoms with E-state index in [-0.39, 0.29) is 10.8 Å². The first-order valence-electron chi connectivity index (χ1n) is 9.68. The zero-order chi connectivity index (χ0) is 21.6. The van der Waals surface area contributed by atoms with Crippen LogP contribution in [0.1, 0.15) is 19.4 Å². The number of hydrogen-bond donors (Lipinski definition) is 0. The molecule has 0 N–H and O–H groups in total. The Morgan fingerprint density at radius 1 is 0.967 bits per heavy atom. The van der Waals surface area contributed by atoms with E-state index in [9.17, 15) is 8.42 Å². The van der Waals surface area contributed by atoms with Crippen LogP contribution in [-0.2, 0) is 16.6 Å². The van der Waals surface area contributed by atoms with E-state index in [1.54, 1.807) is 68.0 Å². The Balaban J connectivity index is 1.83. The van der Waals surface area contributed by atoms with E-state index < -0.39 is 10.0 Å². The van der Waals surface area contributed by atoms with Crippen LogP contribution in [0.3, 0.4) is 0 Å². The highest BCUT2D eigenvalue weighted by Crippen LogP contribution is 2.29. The topological polar surface area (TPSA) is 68.7 Å². The van der Waals surface area contributed by atoms with Crippen molar-refractivity contribution < 1.29 is 17.9 Å². The van der Waals surface area contributed by atoms with Crippen molar-refractivity contribution in [1.29, 1.82) is 0 Å². The maximum atomic E-state index is 13.4. The van der Waals surface area contributed by atoms with Gasteiger partial charge in [-0.2, -0.15) is 0 Å². The summed E-state index contributed by atoms with van der Waals surface area (Å²) in [6.45, 7) is 4.71. The normalized spacial score (nSPS) is 11.3. The summed E-state index contributed by atoms with van der Waals surface area (Å²) in [4.78, 5) is 4.19. The molecule has 0 unspecified atom stereocenters. The van der Waals surface area contributed by atoms with Gasteiger partial charge in [0.2, 0.25) is 0 Å². The fraction of sp³-hybridized carbons (Fsp3) is 0.261. The van der Waals surface area contributed by atoms with Gasteiger partial charge in [0.15, 0.2) is 0 Å². The van der Waals surface area contributed by atoms with Crippen LogP contribution in [0.5, 0.6) is 11.5 Å². The fourth-order valence-corrected chi connectivity index (χ4v) is 4.54. The van der Waals surface area contributed by atoms with Gasteiger partial charge in [-0.25, -0.2) is 8.42 Å². The van der Waals surface area contributed by atoms with Gasteiger partial charge in [-0.15, -0.1) is 0 Å². The standard InChI is InChI=1S/C23H26N2O4S/c1-18(2)16-25(20-5-4-6-22(15-20)28-3)30(26,27)23-9-7-21(8-10-23)29-17-19-11-13-24-14-12-19/h4-15,18H,16-17H2,1-3H3. The molecule has 7 heteroatoms. The van der Waals surface area contributed by atoms with Crippen molar-refractivity contribution in [3.05, 3.63) is 78.6 Å². The Hall–Kier alpha value is -3.06. The summed E-state index contributed by atoms with van der Waals surface area (Å²) in [5.74, 6) is 1.35.